The van der Waals surface area contributed by atoms with Gasteiger partial charge in [0.25, 0.3) is 0 Å². The van der Waals surface area contributed by atoms with Crippen molar-refractivity contribution in [2.75, 3.05) is 5.32 Å². The number of nitrogens with one attached hydrogen (secondary N) is 2. The minimum Gasteiger partial charge on any atom is -0.481 e. The van der Waals surface area contributed by atoms with E-state index in [2.05, 4.69) is 25.5 Å². The van der Waals surface area contributed by atoms with E-state index >= 15 is 0 Å². The van der Waals surface area contributed by atoms with Gasteiger partial charge in [0, 0.05) is 29.1 Å². The number of H-pyrrole nitrogens is 1. The Hall–Kier alpha value is -2.44. The lowest BCUT2D eigenvalue weighted by Gasteiger charge is -2.13. The van der Waals surface area contributed by atoms with E-state index in [1.165, 1.54) is 0 Å². The predicted octanol–water partition coefficient (Wildman–Crippen LogP) is 2.53. The number of anilines is 2. The number of hydrogen-bond donors (Lipinski definition) is 3. The molecule has 120 valence electrons. The van der Waals surface area contributed by atoms with E-state index in [1.54, 1.807) is 0 Å². The number of carboxylic acid groups (broad SMARTS) is 1. The number of fused-ring (bicyclic) bond motifs is 1. The minimum atomic E-state index is -0.652. The van der Waals surface area contributed by atoms with E-state index in [1.807, 2.05) is 26.0 Å². The summed E-state index contributed by atoms with van der Waals surface area (Å²) < 4.78 is 0. The fourth-order valence-electron chi connectivity index (χ4n) is 3.90. The van der Waals surface area contributed by atoms with E-state index in [0.29, 0.717) is 11.8 Å². The maximum Gasteiger partial charge on any atom is 0.309 e. The first-order chi connectivity index (χ1) is 11.0. The Morgan fingerprint density at radius 2 is 2.22 bits per heavy atom. The van der Waals surface area contributed by atoms with E-state index in [4.69, 9.17) is 0 Å². The summed E-state index contributed by atoms with van der Waals surface area (Å²) in [6, 6.07) is 3.86. The Morgan fingerprint density at radius 1 is 1.39 bits per heavy atom. The zero-order valence-corrected chi connectivity index (χ0v) is 13.1. The Balaban J connectivity index is 1.59. The lowest BCUT2D eigenvalue weighted by Crippen LogP contribution is -2.13. The number of aryl methyl sites for hydroxylation is 2. The molecule has 4 rings (SSSR count). The molecule has 0 amide bonds. The van der Waals surface area contributed by atoms with Crippen LogP contribution >= 0.6 is 0 Å². The molecule has 3 N–H and O–H groups in total. The number of hydrogen-bond acceptors (Lipinski definition) is 5. The second-order valence-corrected chi connectivity index (χ2v) is 6.74. The second kappa shape index (κ2) is 4.78. The van der Waals surface area contributed by atoms with Gasteiger partial charge in [0.2, 0.25) is 5.95 Å². The quantitative estimate of drug-likeness (QED) is 0.801. The molecule has 2 aliphatic rings. The molecule has 0 spiro atoms. The molecular weight excluding hydrogens is 294 g/mol. The molecule has 23 heavy (non-hydrogen) atoms. The smallest absolute Gasteiger partial charge is 0.309 e. The maximum atomic E-state index is 11.5. The molecule has 0 aliphatic heterocycles. The molecule has 2 aromatic heterocycles. The van der Waals surface area contributed by atoms with Gasteiger partial charge in [-0.25, -0.2) is 9.97 Å². The van der Waals surface area contributed by atoms with Crippen LogP contribution in [0.1, 0.15) is 42.3 Å². The average Bonchev–Trinajstić information content (AvgIpc) is 2.89. The highest BCUT2D eigenvalue weighted by atomic mass is 16.4. The Kier molecular flexibility index (Phi) is 2.94. The van der Waals surface area contributed by atoms with Gasteiger partial charge in [0.05, 0.1) is 5.41 Å². The van der Waals surface area contributed by atoms with Crippen molar-refractivity contribution >= 4 is 17.7 Å². The van der Waals surface area contributed by atoms with Crippen LogP contribution in [0.3, 0.4) is 0 Å². The van der Waals surface area contributed by atoms with E-state index < -0.39 is 11.4 Å². The highest BCUT2D eigenvalue weighted by Crippen LogP contribution is 2.68. The van der Waals surface area contributed by atoms with Gasteiger partial charge in [-0.3, -0.25) is 9.89 Å². The average molecular weight is 313 g/mol. The van der Waals surface area contributed by atoms with Crippen molar-refractivity contribution in [1.82, 2.24) is 20.2 Å². The van der Waals surface area contributed by atoms with Crippen LogP contribution in [0.5, 0.6) is 0 Å². The molecule has 0 bridgehead atoms. The van der Waals surface area contributed by atoms with Gasteiger partial charge in [-0.2, -0.15) is 5.10 Å². The van der Waals surface area contributed by atoms with Crippen LogP contribution < -0.4 is 5.32 Å². The molecule has 7 nitrogen and oxygen atoms in total. The number of aliphatic carboxylic acids is 1. The van der Waals surface area contributed by atoms with Crippen LogP contribution in [0.2, 0.25) is 0 Å². The van der Waals surface area contributed by atoms with Crippen molar-refractivity contribution in [3.8, 4) is 0 Å². The normalized spacial score (nSPS) is 28.4. The Bertz CT molecular complexity index is 787. The van der Waals surface area contributed by atoms with E-state index in [-0.39, 0.29) is 11.8 Å². The summed E-state index contributed by atoms with van der Waals surface area (Å²) in [6.07, 6.45) is 2.41. The van der Waals surface area contributed by atoms with Crippen LogP contribution in [0.15, 0.2) is 12.1 Å². The Labute approximate surface area is 133 Å². The van der Waals surface area contributed by atoms with Crippen molar-refractivity contribution in [2.45, 2.75) is 39.0 Å². The monoisotopic (exact) mass is 313 g/mol. The topological polar surface area (TPSA) is 104 Å². The summed E-state index contributed by atoms with van der Waals surface area (Å²) in [5.41, 5.74) is 2.28. The molecule has 2 saturated carbocycles. The molecule has 2 fully saturated rings. The third-order valence-electron chi connectivity index (χ3n) is 5.15. The van der Waals surface area contributed by atoms with Crippen molar-refractivity contribution in [3.63, 3.8) is 0 Å². The summed E-state index contributed by atoms with van der Waals surface area (Å²) in [7, 11) is 0. The largest absolute Gasteiger partial charge is 0.481 e. The van der Waals surface area contributed by atoms with Crippen LogP contribution in [-0.4, -0.2) is 31.2 Å². The number of nitrogens with zero attached hydrogens (tertiary/aromatic N) is 3. The van der Waals surface area contributed by atoms with Crippen LogP contribution in [0.25, 0.3) is 0 Å². The summed E-state index contributed by atoms with van der Waals surface area (Å²) in [5, 5.41) is 19.5. The number of aromatic nitrogens is 4. The van der Waals surface area contributed by atoms with Gasteiger partial charge < -0.3 is 10.4 Å². The molecule has 2 aliphatic carbocycles. The van der Waals surface area contributed by atoms with Gasteiger partial charge in [-0.1, -0.05) is 0 Å². The van der Waals surface area contributed by atoms with Crippen LogP contribution in [0, 0.1) is 25.2 Å². The zero-order chi connectivity index (χ0) is 16.2. The molecule has 7 heteroatoms. The Morgan fingerprint density at radius 3 is 2.83 bits per heavy atom. The molecule has 3 atom stereocenters. The third kappa shape index (κ3) is 2.27. The van der Waals surface area contributed by atoms with Crippen LogP contribution in [-0.2, 0) is 4.79 Å². The van der Waals surface area contributed by atoms with E-state index in [9.17, 15) is 9.90 Å². The molecule has 0 saturated heterocycles. The van der Waals surface area contributed by atoms with Gasteiger partial charge in [0.1, 0.15) is 0 Å². The number of aromatic amines is 1. The second-order valence-electron chi connectivity index (χ2n) is 6.74. The number of carboxylic acids is 1. The molecule has 1 unspecified atom stereocenters. The number of rotatable bonds is 4. The van der Waals surface area contributed by atoms with Gasteiger partial charge in [-0.05, 0) is 45.1 Å². The molecule has 2 heterocycles. The SMILES string of the molecule is Cc1cc([C@@H]2CC[C@]3(C(=O)O)CC23)nc(Nc2cc(C)[nH]n2)n1. The van der Waals surface area contributed by atoms with Crippen molar-refractivity contribution in [3.05, 3.63) is 29.2 Å². The maximum absolute atomic E-state index is 11.5. The summed E-state index contributed by atoms with van der Waals surface area (Å²) >= 11 is 0. The highest BCUT2D eigenvalue weighted by Gasteiger charge is 2.67. The zero-order valence-electron chi connectivity index (χ0n) is 13.1. The van der Waals surface area contributed by atoms with Crippen molar-refractivity contribution in [2.24, 2.45) is 11.3 Å². The predicted molar refractivity (Wildman–Crippen MR) is 83.5 cm³/mol. The summed E-state index contributed by atoms with van der Waals surface area (Å²) in [4.78, 5) is 20.5. The first-order valence-corrected chi connectivity index (χ1v) is 7.86. The van der Waals surface area contributed by atoms with Crippen molar-refractivity contribution in [1.29, 1.82) is 0 Å². The molecular formula is C16H19N5O2. The summed E-state index contributed by atoms with van der Waals surface area (Å²) in [5.74, 6) is 0.974. The highest BCUT2D eigenvalue weighted by molar-refractivity contribution is 5.79. The fourth-order valence-corrected chi connectivity index (χ4v) is 3.90. The fraction of sp³-hybridized carbons (Fsp3) is 0.500. The molecule has 0 radical (unpaired) electrons. The summed E-state index contributed by atoms with van der Waals surface area (Å²) in [6.45, 7) is 3.86. The first kappa shape index (κ1) is 14.2. The molecule has 0 aromatic carbocycles. The third-order valence-corrected chi connectivity index (χ3v) is 5.15. The molecule has 2 aromatic rings. The minimum absolute atomic E-state index is 0.217. The van der Waals surface area contributed by atoms with Gasteiger partial charge in [0.15, 0.2) is 5.82 Å². The van der Waals surface area contributed by atoms with E-state index in [0.717, 1.165) is 36.3 Å². The number of carbonyl (C=O) groups is 1. The lowest BCUT2D eigenvalue weighted by molar-refractivity contribution is -0.143. The lowest BCUT2D eigenvalue weighted by atomic mass is 9.99. The van der Waals surface area contributed by atoms with Gasteiger partial charge in [-0.15, -0.1) is 0 Å². The standard InChI is InChI=1S/C16H19N5O2/c1-8-5-12(10-3-4-16(14(22)23)7-11(10)16)18-15(17-8)19-13-6-9(2)20-21-13/h5-6,10-11H,3-4,7H2,1-2H3,(H,22,23)(H2,17,18,19,20,21)/t10-,11?,16+/m1/s1. The van der Waals surface area contributed by atoms with Gasteiger partial charge >= 0.3 is 5.97 Å². The van der Waals surface area contributed by atoms with Crippen LogP contribution in [0.4, 0.5) is 11.8 Å². The first-order valence-electron chi connectivity index (χ1n) is 7.86. The van der Waals surface area contributed by atoms with Crippen molar-refractivity contribution < 1.29 is 9.90 Å².